The number of carbonyl (C=O) groups excluding carboxylic acids is 1. The number of halogens is 3. The fourth-order valence-electron chi connectivity index (χ4n) is 2.04. The van der Waals surface area contributed by atoms with Gasteiger partial charge in [-0.05, 0) is 24.1 Å². The van der Waals surface area contributed by atoms with Gasteiger partial charge < -0.3 is 15.7 Å². The summed E-state index contributed by atoms with van der Waals surface area (Å²) in [5.74, 6) is -0.263. The van der Waals surface area contributed by atoms with Gasteiger partial charge in [-0.3, -0.25) is 4.79 Å². The van der Waals surface area contributed by atoms with Gasteiger partial charge >= 0.3 is 6.18 Å². The van der Waals surface area contributed by atoms with Crippen molar-refractivity contribution in [3.63, 3.8) is 0 Å². The number of aliphatic hydroxyl groups is 1. The molecule has 1 amide bonds. The predicted molar refractivity (Wildman–Crippen MR) is 65.7 cm³/mol. The van der Waals surface area contributed by atoms with E-state index in [4.69, 9.17) is 0 Å². The number of carbonyl (C=O) groups is 1. The summed E-state index contributed by atoms with van der Waals surface area (Å²) in [5, 5.41) is 14.8. The highest BCUT2D eigenvalue weighted by Crippen LogP contribution is 2.29. The summed E-state index contributed by atoms with van der Waals surface area (Å²) in [6, 6.07) is 4.19. The van der Waals surface area contributed by atoms with E-state index < -0.39 is 23.9 Å². The van der Waals surface area contributed by atoms with E-state index in [1.807, 2.05) is 0 Å². The lowest BCUT2D eigenvalue weighted by molar-refractivity contribution is -0.137. The van der Waals surface area contributed by atoms with Crippen LogP contribution in [-0.2, 0) is 17.5 Å². The fourth-order valence-corrected chi connectivity index (χ4v) is 2.04. The number of rotatable bonds is 3. The van der Waals surface area contributed by atoms with Gasteiger partial charge in [0.1, 0.15) is 0 Å². The molecular weight excluding hydrogens is 273 g/mol. The average molecular weight is 288 g/mol. The fraction of sp³-hybridized carbons (Fsp3) is 0.462. The molecular formula is C13H15F3N2O2. The van der Waals surface area contributed by atoms with Crippen LogP contribution in [-0.4, -0.2) is 29.7 Å². The molecule has 0 spiro atoms. The minimum absolute atomic E-state index is 0.158. The van der Waals surface area contributed by atoms with Crippen LogP contribution in [0.3, 0.4) is 0 Å². The van der Waals surface area contributed by atoms with Gasteiger partial charge in [0.25, 0.3) is 0 Å². The van der Waals surface area contributed by atoms with E-state index in [1.165, 1.54) is 12.1 Å². The van der Waals surface area contributed by atoms with E-state index in [1.54, 1.807) is 0 Å². The van der Waals surface area contributed by atoms with Gasteiger partial charge in [0.2, 0.25) is 5.91 Å². The normalized spacial score (nSPS) is 22.8. The Balaban J connectivity index is 1.86. The molecule has 7 heteroatoms. The molecule has 1 heterocycles. The standard InChI is InChI=1S/C13H15F3N2O2/c14-13(15,16)9-3-1-8(2-4-9)6-18-12(20)11-5-10(19)7-17-11/h1-4,10-11,17,19H,5-7H2,(H,18,20). The van der Waals surface area contributed by atoms with Crippen LogP contribution in [0.5, 0.6) is 0 Å². The number of hydrogen-bond donors (Lipinski definition) is 3. The number of aliphatic hydroxyl groups excluding tert-OH is 1. The van der Waals surface area contributed by atoms with Crippen molar-refractivity contribution in [3.8, 4) is 0 Å². The molecule has 0 aromatic heterocycles. The summed E-state index contributed by atoms with van der Waals surface area (Å²) in [7, 11) is 0. The quantitative estimate of drug-likeness (QED) is 0.779. The first-order chi connectivity index (χ1) is 9.36. The van der Waals surface area contributed by atoms with Crippen LogP contribution in [0.15, 0.2) is 24.3 Å². The molecule has 0 saturated carbocycles. The number of β-amino-alcohol motifs (C(OH)–C–C–N with tert-alkyl or cyclic N) is 1. The Morgan fingerprint density at radius 2 is 2.00 bits per heavy atom. The van der Waals surface area contributed by atoms with Gasteiger partial charge in [-0.15, -0.1) is 0 Å². The molecule has 3 N–H and O–H groups in total. The van der Waals surface area contributed by atoms with Gasteiger partial charge in [0, 0.05) is 13.1 Å². The lowest BCUT2D eigenvalue weighted by Gasteiger charge is -2.12. The number of nitrogens with one attached hydrogen (secondary N) is 2. The van der Waals surface area contributed by atoms with Crippen molar-refractivity contribution in [1.29, 1.82) is 0 Å². The van der Waals surface area contributed by atoms with Crippen LogP contribution in [0, 0.1) is 0 Å². The first-order valence-electron chi connectivity index (χ1n) is 6.21. The van der Waals surface area contributed by atoms with Gasteiger partial charge in [0.15, 0.2) is 0 Å². The number of amides is 1. The second-order valence-corrected chi connectivity index (χ2v) is 4.76. The zero-order chi connectivity index (χ0) is 14.8. The zero-order valence-electron chi connectivity index (χ0n) is 10.6. The molecule has 1 saturated heterocycles. The summed E-state index contributed by atoms with van der Waals surface area (Å²) in [4.78, 5) is 11.7. The van der Waals surface area contributed by atoms with E-state index in [9.17, 15) is 23.1 Å². The highest BCUT2D eigenvalue weighted by molar-refractivity contribution is 5.82. The van der Waals surface area contributed by atoms with E-state index in [2.05, 4.69) is 10.6 Å². The average Bonchev–Trinajstić information content (AvgIpc) is 2.82. The summed E-state index contributed by atoms with van der Waals surface area (Å²) in [6.07, 6.45) is -4.54. The molecule has 2 unspecified atom stereocenters. The Labute approximate surface area is 114 Å². The zero-order valence-corrected chi connectivity index (χ0v) is 10.6. The summed E-state index contributed by atoms with van der Waals surface area (Å²) >= 11 is 0. The van der Waals surface area contributed by atoms with E-state index in [-0.39, 0.29) is 12.5 Å². The van der Waals surface area contributed by atoms with Crippen LogP contribution in [0.2, 0.25) is 0 Å². The van der Waals surface area contributed by atoms with Crippen molar-refractivity contribution >= 4 is 5.91 Å². The van der Waals surface area contributed by atoms with Crippen molar-refractivity contribution in [2.45, 2.75) is 31.3 Å². The van der Waals surface area contributed by atoms with Crippen LogP contribution in [0.4, 0.5) is 13.2 Å². The molecule has 20 heavy (non-hydrogen) atoms. The van der Waals surface area contributed by atoms with Gasteiger partial charge in [-0.2, -0.15) is 13.2 Å². The molecule has 1 aromatic rings. The first-order valence-corrected chi connectivity index (χ1v) is 6.21. The maximum absolute atomic E-state index is 12.4. The second kappa shape index (κ2) is 5.80. The van der Waals surface area contributed by atoms with E-state index in [0.717, 1.165) is 12.1 Å². The molecule has 4 nitrogen and oxygen atoms in total. The summed E-state index contributed by atoms with van der Waals surface area (Å²) in [6.45, 7) is 0.531. The Bertz CT molecular complexity index is 473. The van der Waals surface area contributed by atoms with Crippen LogP contribution < -0.4 is 10.6 Å². The van der Waals surface area contributed by atoms with Gasteiger partial charge in [-0.1, -0.05) is 12.1 Å². The Morgan fingerprint density at radius 1 is 1.35 bits per heavy atom. The lowest BCUT2D eigenvalue weighted by Crippen LogP contribution is -2.40. The Hall–Kier alpha value is -1.60. The topological polar surface area (TPSA) is 61.4 Å². The Kier molecular flexibility index (Phi) is 4.29. The Morgan fingerprint density at radius 3 is 2.50 bits per heavy atom. The smallest absolute Gasteiger partial charge is 0.392 e. The lowest BCUT2D eigenvalue weighted by atomic mass is 10.1. The first kappa shape index (κ1) is 14.8. The minimum atomic E-state index is -4.36. The third-order valence-corrected chi connectivity index (χ3v) is 3.17. The molecule has 0 bridgehead atoms. The molecule has 2 rings (SSSR count). The predicted octanol–water partition coefficient (Wildman–Crippen LogP) is 1.04. The molecule has 1 aromatic carbocycles. The van der Waals surface area contributed by atoms with Crippen molar-refractivity contribution in [2.75, 3.05) is 6.54 Å². The van der Waals surface area contributed by atoms with Crippen molar-refractivity contribution in [2.24, 2.45) is 0 Å². The van der Waals surface area contributed by atoms with Gasteiger partial charge in [-0.25, -0.2) is 0 Å². The van der Waals surface area contributed by atoms with E-state index in [0.29, 0.717) is 18.5 Å². The number of benzene rings is 1. The van der Waals surface area contributed by atoms with Crippen LogP contribution in [0.25, 0.3) is 0 Å². The summed E-state index contributed by atoms with van der Waals surface area (Å²) in [5.41, 5.74) is -0.127. The maximum Gasteiger partial charge on any atom is 0.416 e. The molecule has 0 radical (unpaired) electrons. The highest BCUT2D eigenvalue weighted by Gasteiger charge is 2.30. The molecule has 1 aliphatic heterocycles. The van der Waals surface area contributed by atoms with Crippen molar-refractivity contribution in [3.05, 3.63) is 35.4 Å². The molecule has 1 aliphatic rings. The minimum Gasteiger partial charge on any atom is -0.392 e. The number of hydrogen-bond acceptors (Lipinski definition) is 3. The monoisotopic (exact) mass is 288 g/mol. The third kappa shape index (κ3) is 3.71. The highest BCUT2D eigenvalue weighted by atomic mass is 19.4. The second-order valence-electron chi connectivity index (χ2n) is 4.76. The maximum atomic E-state index is 12.4. The molecule has 2 atom stereocenters. The SMILES string of the molecule is O=C(NCc1ccc(C(F)(F)F)cc1)C1CC(O)CN1. The molecule has 1 fully saturated rings. The van der Waals surface area contributed by atoms with Crippen LogP contribution >= 0.6 is 0 Å². The number of alkyl halides is 3. The molecule has 0 aliphatic carbocycles. The largest absolute Gasteiger partial charge is 0.416 e. The molecule has 110 valence electrons. The van der Waals surface area contributed by atoms with Crippen molar-refractivity contribution in [1.82, 2.24) is 10.6 Å². The van der Waals surface area contributed by atoms with E-state index >= 15 is 0 Å². The summed E-state index contributed by atoms with van der Waals surface area (Å²) < 4.78 is 37.1. The third-order valence-electron chi connectivity index (χ3n) is 3.17. The van der Waals surface area contributed by atoms with Crippen LogP contribution in [0.1, 0.15) is 17.5 Å². The van der Waals surface area contributed by atoms with Gasteiger partial charge in [0.05, 0.1) is 17.7 Å². The van der Waals surface area contributed by atoms with Crippen molar-refractivity contribution < 1.29 is 23.1 Å².